The van der Waals surface area contributed by atoms with Gasteiger partial charge in [0, 0.05) is 25.2 Å². The minimum Gasteiger partial charge on any atom is -0.391 e. The average molecular weight is 226 g/mol. The molecule has 0 radical (unpaired) electrons. The zero-order valence-corrected chi connectivity index (χ0v) is 10.7. The molecular weight excluding hydrogens is 200 g/mol. The minimum atomic E-state index is -0.0661. The maximum absolute atomic E-state index is 9.97. The zero-order chi connectivity index (χ0) is 11.5. The summed E-state index contributed by atoms with van der Waals surface area (Å²) in [5.74, 6) is 0.756. The Morgan fingerprint density at radius 2 is 2.12 bits per heavy atom. The molecule has 4 unspecified atom stereocenters. The molecule has 1 heterocycles. The van der Waals surface area contributed by atoms with Gasteiger partial charge in [0.05, 0.1) is 6.10 Å². The summed E-state index contributed by atoms with van der Waals surface area (Å²) in [7, 11) is 2.08. The highest BCUT2D eigenvalue weighted by molar-refractivity contribution is 4.91. The smallest absolute Gasteiger partial charge is 0.0695 e. The molecule has 0 bridgehead atoms. The maximum atomic E-state index is 9.97. The highest BCUT2D eigenvalue weighted by Crippen LogP contribution is 2.29. The van der Waals surface area contributed by atoms with E-state index >= 15 is 0 Å². The molecule has 3 heteroatoms. The molecule has 1 saturated carbocycles. The first-order valence-electron chi connectivity index (χ1n) is 6.85. The van der Waals surface area contributed by atoms with Gasteiger partial charge in [-0.05, 0) is 38.6 Å². The van der Waals surface area contributed by atoms with E-state index in [1.807, 2.05) is 0 Å². The molecule has 3 nitrogen and oxygen atoms in total. The van der Waals surface area contributed by atoms with Crippen molar-refractivity contribution < 1.29 is 5.11 Å². The lowest BCUT2D eigenvalue weighted by Gasteiger charge is -2.42. The fourth-order valence-corrected chi connectivity index (χ4v) is 3.50. The molecule has 4 atom stereocenters. The molecule has 0 aromatic rings. The largest absolute Gasteiger partial charge is 0.391 e. The second-order valence-electron chi connectivity index (χ2n) is 5.41. The topological polar surface area (TPSA) is 35.5 Å². The van der Waals surface area contributed by atoms with Crippen molar-refractivity contribution in [2.45, 2.75) is 57.2 Å². The summed E-state index contributed by atoms with van der Waals surface area (Å²) in [6.07, 6.45) is 5.82. The normalized spacial score (nSPS) is 41.4. The van der Waals surface area contributed by atoms with Crippen molar-refractivity contribution in [1.29, 1.82) is 0 Å². The number of nitrogens with one attached hydrogen (secondary N) is 1. The SMILES string of the molecule is CCC1CN(C2CCCC2O)CCC1NC. The van der Waals surface area contributed by atoms with Gasteiger partial charge >= 0.3 is 0 Å². The van der Waals surface area contributed by atoms with E-state index in [0.29, 0.717) is 12.1 Å². The van der Waals surface area contributed by atoms with Gasteiger partial charge in [0.2, 0.25) is 0 Å². The summed E-state index contributed by atoms with van der Waals surface area (Å²) in [6, 6.07) is 1.13. The quantitative estimate of drug-likeness (QED) is 0.759. The van der Waals surface area contributed by atoms with Crippen LogP contribution in [-0.4, -0.2) is 48.3 Å². The van der Waals surface area contributed by atoms with Crippen LogP contribution in [0.4, 0.5) is 0 Å². The molecule has 0 amide bonds. The van der Waals surface area contributed by atoms with Gasteiger partial charge in [-0.15, -0.1) is 0 Å². The maximum Gasteiger partial charge on any atom is 0.0695 e. The van der Waals surface area contributed by atoms with Gasteiger partial charge in [-0.3, -0.25) is 4.90 Å². The zero-order valence-electron chi connectivity index (χ0n) is 10.7. The Morgan fingerprint density at radius 1 is 1.31 bits per heavy atom. The van der Waals surface area contributed by atoms with Crippen LogP contribution < -0.4 is 5.32 Å². The summed E-state index contributed by atoms with van der Waals surface area (Å²) < 4.78 is 0. The third-order valence-electron chi connectivity index (χ3n) is 4.57. The molecule has 1 aliphatic carbocycles. The third-order valence-corrected chi connectivity index (χ3v) is 4.57. The highest BCUT2D eigenvalue weighted by Gasteiger charge is 2.35. The Balaban J connectivity index is 1.93. The summed E-state index contributed by atoms with van der Waals surface area (Å²) in [4.78, 5) is 2.54. The van der Waals surface area contributed by atoms with Crippen LogP contribution in [0.15, 0.2) is 0 Å². The van der Waals surface area contributed by atoms with E-state index in [1.165, 1.54) is 32.2 Å². The fourth-order valence-electron chi connectivity index (χ4n) is 3.50. The van der Waals surface area contributed by atoms with Crippen LogP contribution in [-0.2, 0) is 0 Å². The Bertz CT molecular complexity index is 222. The van der Waals surface area contributed by atoms with Gasteiger partial charge in [-0.25, -0.2) is 0 Å². The fraction of sp³-hybridized carbons (Fsp3) is 1.00. The highest BCUT2D eigenvalue weighted by atomic mass is 16.3. The molecule has 0 aromatic heterocycles. The van der Waals surface area contributed by atoms with E-state index in [0.717, 1.165) is 18.9 Å². The van der Waals surface area contributed by atoms with E-state index in [4.69, 9.17) is 0 Å². The standard InChI is InChI=1S/C13H26N2O/c1-3-10-9-15(8-7-11(10)14-2)12-5-4-6-13(12)16/h10-14,16H,3-9H2,1-2H3. The first kappa shape index (κ1) is 12.3. The first-order chi connectivity index (χ1) is 7.76. The van der Waals surface area contributed by atoms with E-state index in [9.17, 15) is 5.11 Å². The predicted molar refractivity (Wildman–Crippen MR) is 66.5 cm³/mol. The summed E-state index contributed by atoms with van der Waals surface area (Å²) in [5.41, 5.74) is 0. The Labute approximate surface area is 99.2 Å². The number of hydrogen-bond acceptors (Lipinski definition) is 3. The van der Waals surface area contributed by atoms with E-state index in [2.05, 4.69) is 24.2 Å². The molecule has 1 saturated heterocycles. The predicted octanol–water partition coefficient (Wildman–Crippen LogP) is 1.22. The van der Waals surface area contributed by atoms with E-state index < -0.39 is 0 Å². The molecule has 16 heavy (non-hydrogen) atoms. The summed E-state index contributed by atoms with van der Waals surface area (Å²) >= 11 is 0. The number of aliphatic hydroxyl groups excluding tert-OH is 1. The number of hydrogen-bond donors (Lipinski definition) is 2. The van der Waals surface area contributed by atoms with Crippen molar-refractivity contribution in [3.05, 3.63) is 0 Å². The van der Waals surface area contributed by atoms with Gasteiger partial charge in [-0.2, -0.15) is 0 Å². The molecule has 2 aliphatic rings. The van der Waals surface area contributed by atoms with Crippen LogP contribution in [0.5, 0.6) is 0 Å². The number of rotatable bonds is 3. The van der Waals surface area contributed by atoms with Gasteiger partial charge in [0.1, 0.15) is 0 Å². The summed E-state index contributed by atoms with van der Waals surface area (Å²) in [6.45, 7) is 4.61. The second-order valence-corrected chi connectivity index (χ2v) is 5.41. The Hall–Kier alpha value is -0.120. The third kappa shape index (κ3) is 2.41. The van der Waals surface area contributed by atoms with Crippen LogP contribution in [0.2, 0.25) is 0 Å². The Morgan fingerprint density at radius 3 is 2.69 bits per heavy atom. The van der Waals surface area contributed by atoms with Crippen LogP contribution in [0.3, 0.4) is 0 Å². The molecule has 0 spiro atoms. The van der Waals surface area contributed by atoms with Gasteiger partial charge < -0.3 is 10.4 Å². The van der Waals surface area contributed by atoms with E-state index in [1.54, 1.807) is 0 Å². The van der Waals surface area contributed by atoms with E-state index in [-0.39, 0.29) is 6.10 Å². The van der Waals surface area contributed by atoms with Crippen molar-refractivity contribution in [1.82, 2.24) is 10.2 Å². The second kappa shape index (κ2) is 5.48. The summed E-state index contributed by atoms with van der Waals surface area (Å²) in [5, 5.41) is 13.4. The van der Waals surface area contributed by atoms with Crippen LogP contribution in [0.25, 0.3) is 0 Å². The molecule has 0 aromatic carbocycles. The number of nitrogens with zero attached hydrogens (tertiary/aromatic N) is 1. The van der Waals surface area contributed by atoms with Crippen molar-refractivity contribution in [3.63, 3.8) is 0 Å². The Kier molecular flexibility index (Phi) is 4.22. The number of aliphatic hydroxyl groups is 1. The number of piperidine rings is 1. The average Bonchev–Trinajstić information content (AvgIpc) is 2.74. The molecule has 2 fully saturated rings. The van der Waals surface area contributed by atoms with Crippen molar-refractivity contribution in [3.8, 4) is 0 Å². The van der Waals surface area contributed by atoms with Gasteiger partial charge in [0.25, 0.3) is 0 Å². The van der Waals surface area contributed by atoms with Crippen molar-refractivity contribution in [2.24, 2.45) is 5.92 Å². The lowest BCUT2D eigenvalue weighted by atomic mass is 9.89. The molecule has 1 aliphatic heterocycles. The van der Waals surface area contributed by atoms with Crippen molar-refractivity contribution >= 4 is 0 Å². The van der Waals surface area contributed by atoms with Gasteiger partial charge in [-0.1, -0.05) is 13.3 Å². The molecular formula is C13H26N2O. The molecule has 94 valence electrons. The van der Waals surface area contributed by atoms with Crippen molar-refractivity contribution in [2.75, 3.05) is 20.1 Å². The van der Waals surface area contributed by atoms with Crippen LogP contribution in [0, 0.1) is 5.92 Å². The van der Waals surface area contributed by atoms with Crippen LogP contribution in [0.1, 0.15) is 39.0 Å². The molecule has 2 rings (SSSR count). The lowest BCUT2D eigenvalue weighted by Crippen LogP contribution is -2.53. The van der Waals surface area contributed by atoms with Crippen LogP contribution >= 0.6 is 0 Å². The van der Waals surface area contributed by atoms with Gasteiger partial charge in [0.15, 0.2) is 0 Å². The monoisotopic (exact) mass is 226 g/mol. The minimum absolute atomic E-state index is 0.0661. The first-order valence-corrected chi connectivity index (χ1v) is 6.85. The molecule has 2 N–H and O–H groups in total. The lowest BCUT2D eigenvalue weighted by molar-refractivity contribution is 0.0328. The number of likely N-dealkylation sites (tertiary alicyclic amines) is 1.